The largest absolute Gasteiger partial charge is 0.389 e. The third-order valence-electron chi connectivity index (χ3n) is 2.59. The molecule has 0 heterocycles. The summed E-state index contributed by atoms with van der Waals surface area (Å²) in [7, 11) is 2.04. The molecule has 1 rings (SSSR count). The van der Waals surface area contributed by atoms with Gasteiger partial charge in [-0.15, -0.1) is 0 Å². The molecule has 1 aromatic carbocycles. The molecule has 0 saturated heterocycles. The van der Waals surface area contributed by atoms with Crippen LogP contribution in [-0.2, 0) is 4.74 Å². The zero-order valence-electron chi connectivity index (χ0n) is 10.3. The first kappa shape index (κ1) is 13.0. The lowest BCUT2D eigenvalue weighted by molar-refractivity contribution is 0.154. The van der Waals surface area contributed by atoms with E-state index in [0.717, 1.165) is 31.0 Å². The van der Waals surface area contributed by atoms with Crippen LogP contribution in [0, 0.1) is 0 Å². The number of nitrogens with zero attached hydrogens (tertiary/aromatic N) is 1. The summed E-state index contributed by atoms with van der Waals surface area (Å²) < 4.78 is 5.31. The normalized spacial score (nSPS) is 12.5. The number of rotatable bonds is 6. The van der Waals surface area contributed by atoms with Crippen molar-refractivity contribution in [3.63, 3.8) is 0 Å². The van der Waals surface area contributed by atoms with Crippen LogP contribution in [0.4, 0.5) is 5.69 Å². The molecule has 0 amide bonds. The fourth-order valence-electron chi connectivity index (χ4n) is 1.48. The van der Waals surface area contributed by atoms with Crippen LogP contribution in [0.2, 0.25) is 0 Å². The van der Waals surface area contributed by atoms with E-state index in [-0.39, 0.29) is 0 Å². The lowest BCUT2D eigenvalue weighted by Crippen LogP contribution is -2.22. The molecule has 16 heavy (non-hydrogen) atoms. The number of likely N-dealkylation sites (N-methyl/N-ethyl adjacent to an activating group) is 1. The molecule has 0 bridgehead atoms. The van der Waals surface area contributed by atoms with Gasteiger partial charge in [-0.2, -0.15) is 0 Å². The number of aliphatic hydroxyl groups is 1. The Hall–Kier alpha value is -1.06. The highest BCUT2D eigenvalue weighted by Crippen LogP contribution is 2.17. The van der Waals surface area contributed by atoms with Gasteiger partial charge in [0.15, 0.2) is 0 Å². The van der Waals surface area contributed by atoms with Gasteiger partial charge in [-0.25, -0.2) is 0 Å². The smallest absolute Gasteiger partial charge is 0.0761 e. The zero-order chi connectivity index (χ0) is 12.0. The lowest BCUT2D eigenvalue weighted by atomic mass is 10.1. The maximum Gasteiger partial charge on any atom is 0.0761 e. The zero-order valence-corrected chi connectivity index (χ0v) is 10.3. The highest BCUT2D eigenvalue weighted by Gasteiger charge is 2.03. The predicted octanol–water partition coefficient (Wildman–Crippen LogP) is 2.21. The Balaban J connectivity index is 2.52. The monoisotopic (exact) mass is 223 g/mol. The van der Waals surface area contributed by atoms with Crippen LogP contribution in [0.3, 0.4) is 0 Å². The summed E-state index contributed by atoms with van der Waals surface area (Å²) >= 11 is 0. The van der Waals surface area contributed by atoms with Gasteiger partial charge in [-0.05, 0) is 31.5 Å². The number of hydrogen-bond donors (Lipinski definition) is 1. The van der Waals surface area contributed by atoms with Crippen LogP contribution in [0.25, 0.3) is 0 Å². The Morgan fingerprint density at radius 1 is 1.31 bits per heavy atom. The van der Waals surface area contributed by atoms with E-state index >= 15 is 0 Å². The topological polar surface area (TPSA) is 32.7 Å². The minimum atomic E-state index is -0.400. The minimum Gasteiger partial charge on any atom is -0.389 e. The van der Waals surface area contributed by atoms with Crippen molar-refractivity contribution in [3.05, 3.63) is 29.8 Å². The van der Waals surface area contributed by atoms with Crippen molar-refractivity contribution in [1.82, 2.24) is 0 Å². The third kappa shape index (κ3) is 3.83. The molecule has 0 unspecified atom stereocenters. The van der Waals surface area contributed by atoms with Gasteiger partial charge in [0.25, 0.3) is 0 Å². The fourth-order valence-corrected chi connectivity index (χ4v) is 1.48. The van der Waals surface area contributed by atoms with Crippen molar-refractivity contribution < 1.29 is 9.84 Å². The van der Waals surface area contributed by atoms with Gasteiger partial charge < -0.3 is 14.7 Å². The van der Waals surface area contributed by atoms with Gasteiger partial charge in [0.2, 0.25) is 0 Å². The molecule has 0 radical (unpaired) electrons. The summed E-state index contributed by atoms with van der Waals surface area (Å²) in [6, 6.07) is 7.95. The van der Waals surface area contributed by atoms with Gasteiger partial charge in [0, 0.05) is 25.9 Å². The molecule has 0 aliphatic carbocycles. The van der Waals surface area contributed by atoms with Gasteiger partial charge in [0.05, 0.1) is 12.7 Å². The molecule has 0 fully saturated rings. The SMILES string of the molecule is CCOCCN(C)c1ccc([C@@H](C)O)cc1. The summed E-state index contributed by atoms with van der Waals surface area (Å²) in [5.74, 6) is 0. The van der Waals surface area contributed by atoms with Gasteiger partial charge in [-0.1, -0.05) is 12.1 Å². The number of benzene rings is 1. The van der Waals surface area contributed by atoms with E-state index in [1.54, 1.807) is 6.92 Å². The summed E-state index contributed by atoms with van der Waals surface area (Å²) in [5, 5.41) is 9.39. The molecule has 0 spiro atoms. The van der Waals surface area contributed by atoms with E-state index in [2.05, 4.69) is 4.90 Å². The van der Waals surface area contributed by atoms with Crippen molar-refractivity contribution in [2.75, 3.05) is 31.7 Å². The van der Waals surface area contributed by atoms with Gasteiger partial charge in [-0.3, -0.25) is 0 Å². The first-order valence-corrected chi connectivity index (χ1v) is 5.72. The third-order valence-corrected chi connectivity index (χ3v) is 2.59. The Bertz CT molecular complexity index is 295. The minimum absolute atomic E-state index is 0.400. The van der Waals surface area contributed by atoms with Crippen LogP contribution >= 0.6 is 0 Å². The summed E-state index contributed by atoms with van der Waals surface area (Å²) in [5.41, 5.74) is 2.09. The summed E-state index contributed by atoms with van der Waals surface area (Å²) in [6.45, 7) is 6.15. The molecule has 1 N–H and O–H groups in total. The second kappa shape index (κ2) is 6.51. The van der Waals surface area contributed by atoms with E-state index in [1.807, 2.05) is 38.2 Å². The van der Waals surface area contributed by atoms with E-state index < -0.39 is 6.10 Å². The van der Waals surface area contributed by atoms with Crippen LogP contribution in [-0.4, -0.2) is 31.9 Å². The molecule has 3 nitrogen and oxygen atoms in total. The Morgan fingerprint density at radius 2 is 1.94 bits per heavy atom. The van der Waals surface area contributed by atoms with Crippen molar-refractivity contribution >= 4 is 5.69 Å². The van der Waals surface area contributed by atoms with Crippen molar-refractivity contribution in [2.45, 2.75) is 20.0 Å². The number of hydrogen-bond acceptors (Lipinski definition) is 3. The first-order valence-electron chi connectivity index (χ1n) is 5.72. The fraction of sp³-hybridized carbons (Fsp3) is 0.538. The number of ether oxygens (including phenoxy) is 1. The van der Waals surface area contributed by atoms with Crippen LogP contribution in [0.1, 0.15) is 25.5 Å². The first-order chi connectivity index (χ1) is 7.65. The second-order valence-corrected chi connectivity index (χ2v) is 3.89. The number of aliphatic hydroxyl groups excluding tert-OH is 1. The Kier molecular flexibility index (Phi) is 5.29. The molecule has 1 atom stereocenters. The maximum atomic E-state index is 9.39. The molecule has 0 aliphatic rings. The highest BCUT2D eigenvalue weighted by molar-refractivity contribution is 5.47. The molecular formula is C13H21NO2. The van der Waals surface area contributed by atoms with E-state index in [4.69, 9.17) is 4.74 Å². The molecule has 3 heteroatoms. The van der Waals surface area contributed by atoms with Crippen LogP contribution in [0.5, 0.6) is 0 Å². The second-order valence-electron chi connectivity index (χ2n) is 3.89. The van der Waals surface area contributed by atoms with E-state index in [0.29, 0.717) is 0 Å². The van der Waals surface area contributed by atoms with Crippen molar-refractivity contribution in [1.29, 1.82) is 0 Å². The quantitative estimate of drug-likeness (QED) is 0.751. The Morgan fingerprint density at radius 3 is 2.44 bits per heavy atom. The molecule has 0 saturated carbocycles. The molecule has 0 aliphatic heterocycles. The predicted molar refractivity (Wildman–Crippen MR) is 66.8 cm³/mol. The summed E-state index contributed by atoms with van der Waals surface area (Å²) in [6.07, 6.45) is -0.400. The molecular weight excluding hydrogens is 202 g/mol. The maximum absolute atomic E-state index is 9.39. The standard InChI is InChI=1S/C13H21NO2/c1-4-16-10-9-14(3)13-7-5-12(6-8-13)11(2)15/h5-8,11,15H,4,9-10H2,1-3H3/t11-/m1/s1. The van der Waals surface area contributed by atoms with Gasteiger partial charge >= 0.3 is 0 Å². The van der Waals surface area contributed by atoms with E-state index in [1.165, 1.54) is 0 Å². The molecule has 90 valence electrons. The van der Waals surface area contributed by atoms with Crippen LogP contribution in [0.15, 0.2) is 24.3 Å². The molecule has 0 aromatic heterocycles. The van der Waals surface area contributed by atoms with E-state index in [9.17, 15) is 5.11 Å². The average molecular weight is 223 g/mol. The molecule has 1 aromatic rings. The number of anilines is 1. The van der Waals surface area contributed by atoms with Crippen molar-refractivity contribution in [3.8, 4) is 0 Å². The Labute approximate surface area is 97.7 Å². The summed E-state index contributed by atoms with van der Waals surface area (Å²) in [4.78, 5) is 2.14. The van der Waals surface area contributed by atoms with Gasteiger partial charge in [0.1, 0.15) is 0 Å². The van der Waals surface area contributed by atoms with Crippen molar-refractivity contribution in [2.24, 2.45) is 0 Å². The van der Waals surface area contributed by atoms with Crippen LogP contribution < -0.4 is 4.90 Å². The average Bonchev–Trinajstić information content (AvgIpc) is 2.29. The highest BCUT2D eigenvalue weighted by atomic mass is 16.5. The lowest BCUT2D eigenvalue weighted by Gasteiger charge is -2.19.